The minimum Gasteiger partial charge on any atom is -0.493 e. The van der Waals surface area contributed by atoms with Crippen molar-refractivity contribution in [2.45, 2.75) is 39.2 Å². The van der Waals surface area contributed by atoms with E-state index < -0.39 is 12.0 Å². The maximum Gasteiger partial charge on any atom is 0.307 e. The molecule has 1 amide bonds. The second-order valence-corrected chi connectivity index (χ2v) is 8.69. The van der Waals surface area contributed by atoms with E-state index in [1.807, 2.05) is 13.8 Å². The minimum atomic E-state index is -0.623. The van der Waals surface area contributed by atoms with Gasteiger partial charge in [0.2, 0.25) is 5.91 Å². The van der Waals surface area contributed by atoms with E-state index in [4.69, 9.17) is 14.2 Å². The van der Waals surface area contributed by atoms with Crippen LogP contribution in [0.25, 0.3) is 10.2 Å². The van der Waals surface area contributed by atoms with Gasteiger partial charge in [0.05, 0.1) is 39.2 Å². The number of ether oxygens (including phenoxy) is 3. The van der Waals surface area contributed by atoms with Gasteiger partial charge >= 0.3 is 5.97 Å². The molecule has 0 bridgehead atoms. The first-order chi connectivity index (χ1) is 15.8. The number of methoxy groups -OCH3 is 3. The van der Waals surface area contributed by atoms with Crippen LogP contribution < -0.4 is 20.3 Å². The average Bonchev–Trinajstić information content (AvgIpc) is 3.10. The molecule has 1 unspecified atom stereocenters. The Morgan fingerprint density at radius 1 is 1.15 bits per heavy atom. The Labute approximate surface area is 195 Å². The summed E-state index contributed by atoms with van der Waals surface area (Å²) in [5, 5.41) is 3.46. The van der Waals surface area contributed by atoms with Crippen molar-refractivity contribution >= 4 is 33.4 Å². The third-order valence-electron chi connectivity index (χ3n) is 5.42. The molecule has 2 aromatic heterocycles. The Kier molecular flexibility index (Phi) is 7.70. The van der Waals surface area contributed by atoms with Gasteiger partial charge < -0.3 is 24.5 Å². The molecule has 0 aliphatic carbocycles. The van der Waals surface area contributed by atoms with E-state index in [2.05, 4.69) is 15.3 Å². The lowest BCUT2D eigenvalue weighted by molar-refractivity contribution is -0.141. The van der Waals surface area contributed by atoms with E-state index in [0.717, 1.165) is 10.4 Å². The summed E-state index contributed by atoms with van der Waals surface area (Å²) in [6, 6.07) is 4.55. The molecule has 2 heterocycles. The quantitative estimate of drug-likeness (QED) is 0.459. The Morgan fingerprint density at radius 3 is 2.55 bits per heavy atom. The third-order valence-corrected chi connectivity index (χ3v) is 6.52. The molecule has 0 fully saturated rings. The van der Waals surface area contributed by atoms with Crippen LogP contribution in [0.5, 0.6) is 11.5 Å². The van der Waals surface area contributed by atoms with Crippen LogP contribution in [0, 0.1) is 13.8 Å². The number of hydrogen-bond acceptors (Lipinski definition) is 8. The molecule has 2 N–H and O–H groups in total. The van der Waals surface area contributed by atoms with Crippen molar-refractivity contribution in [3.8, 4) is 11.5 Å². The third kappa shape index (κ3) is 5.51. The number of hydrogen-bond donors (Lipinski definition) is 2. The molecular formula is C23H27N3O6S. The summed E-state index contributed by atoms with van der Waals surface area (Å²) >= 11 is 1.46. The number of thiophene rings is 1. The number of H-pyrrole nitrogens is 1. The second kappa shape index (κ2) is 10.5. The van der Waals surface area contributed by atoms with Crippen molar-refractivity contribution in [1.29, 1.82) is 0 Å². The number of fused-ring (bicyclic) bond motifs is 1. The first-order valence-electron chi connectivity index (χ1n) is 10.3. The molecule has 10 heteroatoms. The molecule has 3 aromatic rings. The van der Waals surface area contributed by atoms with Crippen molar-refractivity contribution < 1.29 is 23.8 Å². The molecule has 0 saturated heterocycles. The first kappa shape index (κ1) is 24.2. The molecule has 3 rings (SSSR count). The molecule has 1 aromatic carbocycles. The molecule has 0 radical (unpaired) electrons. The van der Waals surface area contributed by atoms with Crippen LogP contribution in [-0.4, -0.2) is 43.2 Å². The van der Waals surface area contributed by atoms with Gasteiger partial charge in [-0.2, -0.15) is 0 Å². The van der Waals surface area contributed by atoms with Crippen molar-refractivity contribution in [1.82, 2.24) is 15.3 Å². The predicted molar refractivity (Wildman–Crippen MR) is 125 cm³/mol. The van der Waals surface area contributed by atoms with Gasteiger partial charge in [0.25, 0.3) is 5.56 Å². The Hall–Kier alpha value is -3.40. The van der Waals surface area contributed by atoms with Crippen molar-refractivity contribution in [2.75, 3.05) is 21.3 Å². The predicted octanol–water partition coefficient (Wildman–Crippen LogP) is 2.97. The van der Waals surface area contributed by atoms with Gasteiger partial charge in [0.15, 0.2) is 11.5 Å². The van der Waals surface area contributed by atoms with Gasteiger partial charge in [0, 0.05) is 17.7 Å². The Bertz CT molecular complexity index is 1230. The highest BCUT2D eigenvalue weighted by Crippen LogP contribution is 2.31. The number of aromatic nitrogens is 2. The fraction of sp³-hybridized carbons (Fsp3) is 0.391. The lowest BCUT2D eigenvalue weighted by Crippen LogP contribution is -2.31. The van der Waals surface area contributed by atoms with E-state index in [9.17, 15) is 14.4 Å². The monoisotopic (exact) mass is 473 g/mol. The van der Waals surface area contributed by atoms with Gasteiger partial charge in [-0.1, -0.05) is 6.07 Å². The Balaban J connectivity index is 1.75. The van der Waals surface area contributed by atoms with Gasteiger partial charge in [-0.15, -0.1) is 11.3 Å². The fourth-order valence-corrected chi connectivity index (χ4v) is 4.54. The number of benzene rings is 1. The highest BCUT2D eigenvalue weighted by Gasteiger charge is 2.21. The fourth-order valence-electron chi connectivity index (χ4n) is 3.49. The molecule has 33 heavy (non-hydrogen) atoms. The molecular weight excluding hydrogens is 446 g/mol. The minimum absolute atomic E-state index is 0.0491. The zero-order chi connectivity index (χ0) is 24.1. The largest absolute Gasteiger partial charge is 0.493 e. The molecule has 0 saturated carbocycles. The van der Waals surface area contributed by atoms with Crippen molar-refractivity contribution in [3.05, 3.63) is 50.4 Å². The second-order valence-electron chi connectivity index (χ2n) is 7.49. The summed E-state index contributed by atoms with van der Waals surface area (Å²) in [5.74, 6) is 0.707. The summed E-state index contributed by atoms with van der Waals surface area (Å²) in [4.78, 5) is 46.1. The number of nitrogens with one attached hydrogen (secondary N) is 2. The van der Waals surface area contributed by atoms with Crippen molar-refractivity contribution in [3.63, 3.8) is 0 Å². The molecule has 176 valence electrons. The maximum atomic E-state index is 12.7. The van der Waals surface area contributed by atoms with Crippen LogP contribution in [0.3, 0.4) is 0 Å². The molecule has 0 aliphatic rings. The lowest BCUT2D eigenvalue weighted by atomic mass is 10.0. The molecule has 0 aliphatic heterocycles. The number of esters is 1. The van der Waals surface area contributed by atoms with Crippen molar-refractivity contribution in [2.24, 2.45) is 0 Å². The summed E-state index contributed by atoms with van der Waals surface area (Å²) in [6.07, 6.45) is 0.291. The molecule has 1 atom stereocenters. The number of carbonyl (C=O) groups is 2. The highest BCUT2D eigenvalue weighted by atomic mass is 32.1. The van der Waals surface area contributed by atoms with E-state index in [0.29, 0.717) is 33.1 Å². The van der Waals surface area contributed by atoms with Crippen LogP contribution in [0.4, 0.5) is 0 Å². The maximum absolute atomic E-state index is 12.7. The smallest absolute Gasteiger partial charge is 0.307 e. The van der Waals surface area contributed by atoms with Crippen LogP contribution in [0.1, 0.15) is 40.7 Å². The van der Waals surface area contributed by atoms with Crippen LogP contribution >= 0.6 is 11.3 Å². The summed E-state index contributed by atoms with van der Waals surface area (Å²) < 4.78 is 15.4. The average molecular weight is 474 g/mol. The van der Waals surface area contributed by atoms with Gasteiger partial charge in [-0.25, -0.2) is 4.98 Å². The zero-order valence-electron chi connectivity index (χ0n) is 19.2. The summed E-state index contributed by atoms with van der Waals surface area (Å²) in [5.41, 5.74) is 1.39. The van der Waals surface area contributed by atoms with E-state index in [1.54, 1.807) is 18.2 Å². The summed E-state index contributed by atoms with van der Waals surface area (Å²) in [6.45, 7) is 3.84. The van der Waals surface area contributed by atoms with Crippen LogP contribution in [-0.2, 0) is 20.7 Å². The Morgan fingerprint density at radius 2 is 1.88 bits per heavy atom. The van der Waals surface area contributed by atoms with E-state index >= 15 is 0 Å². The zero-order valence-corrected chi connectivity index (χ0v) is 20.1. The molecule has 9 nitrogen and oxygen atoms in total. The van der Waals surface area contributed by atoms with Gasteiger partial charge in [0.1, 0.15) is 10.7 Å². The topological polar surface area (TPSA) is 120 Å². The first-order valence-corrected chi connectivity index (χ1v) is 11.2. The lowest BCUT2D eigenvalue weighted by Gasteiger charge is -2.19. The molecule has 0 spiro atoms. The number of amides is 1. The number of nitrogens with zero attached hydrogens (tertiary/aromatic N) is 1. The number of carbonyl (C=O) groups excluding carboxylic acids is 2. The van der Waals surface area contributed by atoms with Crippen LogP contribution in [0.15, 0.2) is 23.0 Å². The van der Waals surface area contributed by atoms with Crippen LogP contribution in [0.2, 0.25) is 0 Å². The van der Waals surface area contributed by atoms with Gasteiger partial charge in [-0.3, -0.25) is 14.4 Å². The SMILES string of the molecule is COC(=O)CC(NC(=O)CCc1nc2sc(C)c(C)c2c(=O)[nH]1)c1ccc(OC)c(OC)c1. The van der Waals surface area contributed by atoms with E-state index in [-0.39, 0.29) is 30.7 Å². The number of rotatable bonds is 9. The van der Waals surface area contributed by atoms with E-state index in [1.165, 1.54) is 32.7 Å². The summed E-state index contributed by atoms with van der Waals surface area (Å²) in [7, 11) is 4.33. The standard InChI is InChI=1S/C23H27N3O6S/c1-12-13(2)33-23-21(12)22(29)25-18(26-23)8-9-19(27)24-15(11-20(28)32-5)14-6-7-16(30-3)17(10-14)31-4/h6-7,10,15H,8-9,11H2,1-5H3,(H,24,27)(H,25,26,29). The number of aromatic amines is 1. The normalized spacial score (nSPS) is 11.8. The van der Waals surface area contributed by atoms with Gasteiger partial charge in [-0.05, 0) is 37.1 Å². The number of aryl methyl sites for hydroxylation is 3. The highest BCUT2D eigenvalue weighted by molar-refractivity contribution is 7.18.